The summed E-state index contributed by atoms with van der Waals surface area (Å²) >= 11 is 0. The highest BCUT2D eigenvalue weighted by Crippen LogP contribution is 2.13. The van der Waals surface area contributed by atoms with E-state index in [0.717, 1.165) is 6.54 Å². The summed E-state index contributed by atoms with van der Waals surface area (Å²) in [4.78, 5) is 0. The van der Waals surface area contributed by atoms with Gasteiger partial charge in [0.25, 0.3) is 5.82 Å². The van der Waals surface area contributed by atoms with E-state index in [4.69, 9.17) is 0 Å². The molecule has 1 heterocycles. The van der Waals surface area contributed by atoms with Crippen molar-refractivity contribution in [1.29, 1.82) is 0 Å². The molecule has 0 unspecified atom stereocenters. The van der Waals surface area contributed by atoms with E-state index in [1.165, 1.54) is 148 Å². The minimum absolute atomic E-state index is 1.11. The number of hydrogen-bond acceptors (Lipinski definition) is 0. The van der Waals surface area contributed by atoms with Crippen LogP contribution in [0.25, 0.3) is 0 Å². The quantitative estimate of drug-likeness (QED) is 0.110. The first-order valence-corrected chi connectivity index (χ1v) is 14.9. The number of imidazole rings is 1. The molecule has 1 aromatic heterocycles. The van der Waals surface area contributed by atoms with Crippen LogP contribution in [0, 0.1) is 0 Å². The Morgan fingerprint density at radius 2 is 0.938 bits per heavy atom. The van der Waals surface area contributed by atoms with Crippen LogP contribution < -0.4 is 4.57 Å². The summed E-state index contributed by atoms with van der Waals surface area (Å²) in [5, 5.41) is 0. The van der Waals surface area contributed by atoms with Crippen LogP contribution in [-0.2, 0) is 19.5 Å². The lowest BCUT2D eigenvalue weighted by atomic mass is 10.1. The molecule has 2 nitrogen and oxygen atoms in total. The zero-order chi connectivity index (χ0) is 23.1. The standard InChI is InChI=1S/C30H59N2/c1-4-7-9-11-13-15-17-19-21-23-25-27-32-29-28-31(6-3)30(32)26-24-22-20-18-16-14-12-10-8-5-2/h28-29H,4-27H2,1-3H3/q+1. The van der Waals surface area contributed by atoms with Gasteiger partial charge in [0.2, 0.25) is 0 Å². The monoisotopic (exact) mass is 447 g/mol. The number of unbranched alkanes of at least 4 members (excludes halogenated alkanes) is 19. The van der Waals surface area contributed by atoms with Crippen molar-refractivity contribution in [3.8, 4) is 0 Å². The SMILES string of the molecule is CCCCCCCCCCCCC[n+]1ccn(CC)c1CCCCCCCCCCCC. The fourth-order valence-electron chi connectivity index (χ4n) is 4.99. The van der Waals surface area contributed by atoms with Gasteiger partial charge in [0.1, 0.15) is 12.4 Å². The van der Waals surface area contributed by atoms with E-state index in [2.05, 4.69) is 42.3 Å². The van der Waals surface area contributed by atoms with E-state index < -0.39 is 0 Å². The first-order chi connectivity index (χ1) is 15.8. The van der Waals surface area contributed by atoms with Crippen LogP contribution >= 0.6 is 0 Å². The number of aryl methyl sites for hydroxylation is 2. The molecule has 0 N–H and O–H groups in total. The number of hydrogen-bond donors (Lipinski definition) is 0. The molecule has 0 spiro atoms. The fraction of sp³-hybridized carbons (Fsp3) is 0.900. The largest absolute Gasteiger partial charge is 0.256 e. The summed E-state index contributed by atoms with van der Waals surface area (Å²) in [5.41, 5.74) is 0. The van der Waals surface area contributed by atoms with Crippen LogP contribution in [0.15, 0.2) is 12.4 Å². The molecule has 2 heteroatoms. The van der Waals surface area contributed by atoms with Crippen LogP contribution in [0.1, 0.15) is 161 Å². The minimum atomic E-state index is 1.11. The Labute approximate surface area is 202 Å². The van der Waals surface area contributed by atoms with Crippen molar-refractivity contribution < 1.29 is 4.57 Å². The molecule has 188 valence electrons. The molecule has 0 amide bonds. The smallest absolute Gasteiger partial charge is 0.235 e. The van der Waals surface area contributed by atoms with Gasteiger partial charge >= 0.3 is 0 Å². The molecule has 0 bridgehead atoms. The van der Waals surface area contributed by atoms with Crippen molar-refractivity contribution in [1.82, 2.24) is 4.57 Å². The Hall–Kier alpha value is -0.790. The average Bonchev–Trinajstić information content (AvgIpc) is 3.20. The fourth-order valence-corrected chi connectivity index (χ4v) is 4.99. The summed E-state index contributed by atoms with van der Waals surface area (Å²) in [6.07, 6.45) is 35.8. The first-order valence-electron chi connectivity index (χ1n) is 14.9. The van der Waals surface area contributed by atoms with E-state index in [-0.39, 0.29) is 0 Å². The maximum Gasteiger partial charge on any atom is 0.256 e. The van der Waals surface area contributed by atoms with Crippen molar-refractivity contribution in [3.63, 3.8) is 0 Å². The van der Waals surface area contributed by atoms with Gasteiger partial charge in [0.05, 0.1) is 13.1 Å². The molecule has 0 aliphatic heterocycles. The second-order valence-electron chi connectivity index (χ2n) is 10.2. The summed E-state index contributed by atoms with van der Waals surface area (Å²) in [5.74, 6) is 1.57. The maximum atomic E-state index is 2.56. The van der Waals surface area contributed by atoms with Crippen LogP contribution in [0.2, 0.25) is 0 Å². The Balaban J connectivity index is 2.08. The summed E-state index contributed by atoms with van der Waals surface area (Å²) in [7, 11) is 0. The molecule has 1 aromatic rings. The number of rotatable bonds is 24. The lowest BCUT2D eigenvalue weighted by molar-refractivity contribution is -0.704. The molecular formula is C30H59N2+. The Kier molecular flexibility index (Phi) is 20.1. The highest BCUT2D eigenvalue weighted by Gasteiger charge is 2.15. The summed E-state index contributed by atoms with van der Waals surface area (Å²) < 4.78 is 5.04. The van der Waals surface area contributed by atoms with Crippen LogP contribution in [-0.4, -0.2) is 4.57 Å². The predicted octanol–water partition coefficient (Wildman–Crippen LogP) is 9.57. The third-order valence-electron chi connectivity index (χ3n) is 7.19. The van der Waals surface area contributed by atoms with Crippen LogP contribution in [0.5, 0.6) is 0 Å². The van der Waals surface area contributed by atoms with Gasteiger partial charge < -0.3 is 0 Å². The molecule has 0 aliphatic carbocycles. The molecule has 0 saturated carbocycles. The molecule has 1 rings (SSSR count). The predicted molar refractivity (Wildman–Crippen MR) is 142 cm³/mol. The van der Waals surface area contributed by atoms with E-state index in [9.17, 15) is 0 Å². The summed E-state index contributed by atoms with van der Waals surface area (Å²) in [6.45, 7) is 9.22. The van der Waals surface area contributed by atoms with Crippen molar-refractivity contribution in [2.45, 2.75) is 175 Å². The summed E-state index contributed by atoms with van der Waals surface area (Å²) in [6, 6.07) is 0. The topological polar surface area (TPSA) is 8.81 Å². The van der Waals surface area contributed by atoms with Crippen molar-refractivity contribution in [3.05, 3.63) is 18.2 Å². The van der Waals surface area contributed by atoms with Crippen LogP contribution in [0.4, 0.5) is 0 Å². The second kappa shape index (κ2) is 22.0. The van der Waals surface area contributed by atoms with Gasteiger partial charge in [0.15, 0.2) is 0 Å². The van der Waals surface area contributed by atoms with E-state index in [0.29, 0.717) is 0 Å². The molecule has 0 radical (unpaired) electrons. The highest BCUT2D eigenvalue weighted by atomic mass is 15.1. The molecular weight excluding hydrogens is 388 g/mol. The number of aromatic nitrogens is 2. The third-order valence-corrected chi connectivity index (χ3v) is 7.19. The number of nitrogens with zero attached hydrogens (tertiary/aromatic N) is 2. The lowest BCUT2D eigenvalue weighted by Gasteiger charge is -2.06. The van der Waals surface area contributed by atoms with Gasteiger partial charge in [-0.1, -0.05) is 129 Å². The minimum Gasteiger partial charge on any atom is -0.235 e. The Morgan fingerprint density at radius 1 is 0.531 bits per heavy atom. The van der Waals surface area contributed by atoms with E-state index in [1.807, 2.05) is 0 Å². The zero-order valence-electron chi connectivity index (χ0n) is 22.5. The molecule has 0 fully saturated rings. The maximum absolute atomic E-state index is 2.56. The molecule has 0 saturated heterocycles. The molecule has 32 heavy (non-hydrogen) atoms. The molecule has 0 aliphatic rings. The Morgan fingerprint density at radius 3 is 1.38 bits per heavy atom. The first kappa shape index (κ1) is 29.2. The third kappa shape index (κ3) is 15.1. The van der Waals surface area contributed by atoms with Gasteiger partial charge in [-0.05, 0) is 26.2 Å². The van der Waals surface area contributed by atoms with Gasteiger partial charge in [-0.2, -0.15) is 0 Å². The van der Waals surface area contributed by atoms with Gasteiger partial charge in [0, 0.05) is 6.42 Å². The van der Waals surface area contributed by atoms with E-state index >= 15 is 0 Å². The van der Waals surface area contributed by atoms with Crippen LogP contribution in [0.3, 0.4) is 0 Å². The second-order valence-corrected chi connectivity index (χ2v) is 10.2. The normalized spacial score (nSPS) is 11.5. The van der Waals surface area contributed by atoms with Crippen molar-refractivity contribution in [2.75, 3.05) is 0 Å². The molecule has 0 aromatic carbocycles. The highest BCUT2D eigenvalue weighted by molar-refractivity contribution is 4.83. The van der Waals surface area contributed by atoms with Crippen molar-refractivity contribution >= 4 is 0 Å². The average molecular weight is 448 g/mol. The lowest BCUT2D eigenvalue weighted by Crippen LogP contribution is -2.37. The van der Waals surface area contributed by atoms with Gasteiger partial charge in [-0.15, -0.1) is 0 Å². The van der Waals surface area contributed by atoms with Gasteiger partial charge in [-0.3, -0.25) is 0 Å². The molecule has 0 atom stereocenters. The van der Waals surface area contributed by atoms with Gasteiger partial charge in [-0.25, -0.2) is 9.13 Å². The van der Waals surface area contributed by atoms with E-state index in [1.54, 1.807) is 5.82 Å². The Bertz CT molecular complexity index is 505. The zero-order valence-corrected chi connectivity index (χ0v) is 22.5. The van der Waals surface area contributed by atoms with Crippen molar-refractivity contribution in [2.24, 2.45) is 0 Å².